The molecule has 0 spiro atoms. The van der Waals surface area contributed by atoms with Gasteiger partial charge < -0.3 is 19.9 Å². The molecule has 1 fully saturated rings. The van der Waals surface area contributed by atoms with Gasteiger partial charge >= 0.3 is 11.8 Å². The Balaban J connectivity index is 1.44. The highest BCUT2D eigenvalue weighted by Crippen LogP contribution is 2.15. The molecule has 0 bridgehead atoms. The summed E-state index contributed by atoms with van der Waals surface area (Å²) in [6.07, 6.45) is 4.25. The minimum atomic E-state index is -0.561. The standard InChI is InChI=1S/C18H24N4O3/c23-12-14-5-3-9-21(11-14)18(25)17(24)19-8-4-10-22-13-20-15-6-1-2-7-16(15)22/h1-2,6-7,13-14,23H,3-5,8-12H2,(H,19,24)/t14-/m0/s1. The molecule has 2 heterocycles. The van der Waals surface area contributed by atoms with Crippen LogP contribution in [0.3, 0.4) is 0 Å². The Morgan fingerprint density at radius 1 is 1.32 bits per heavy atom. The number of aliphatic hydroxyl groups is 1. The number of aryl methyl sites for hydroxylation is 1. The molecule has 7 nitrogen and oxygen atoms in total. The number of aromatic nitrogens is 2. The van der Waals surface area contributed by atoms with Gasteiger partial charge in [-0.25, -0.2) is 4.98 Å². The van der Waals surface area contributed by atoms with E-state index in [0.29, 0.717) is 19.6 Å². The zero-order valence-electron chi connectivity index (χ0n) is 14.2. The summed E-state index contributed by atoms with van der Waals surface area (Å²) in [5.74, 6) is -0.972. The normalized spacial score (nSPS) is 17.6. The van der Waals surface area contributed by atoms with Crippen LogP contribution in [-0.4, -0.2) is 57.6 Å². The van der Waals surface area contributed by atoms with Gasteiger partial charge in [0.2, 0.25) is 0 Å². The summed E-state index contributed by atoms with van der Waals surface area (Å²) in [6.45, 7) is 2.28. The summed E-state index contributed by atoms with van der Waals surface area (Å²) in [7, 11) is 0. The predicted octanol–water partition coefficient (Wildman–Crippen LogP) is 0.773. The Morgan fingerprint density at radius 2 is 2.16 bits per heavy atom. The second kappa shape index (κ2) is 8.11. The molecule has 1 saturated heterocycles. The molecule has 0 unspecified atom stereocenters. The number of piperidine rings is 1. The number of rotatable bonds is 5. The van der Waals surface area contributed by atoms with E-state index in [-0.39, 0.29) is 12.5 Å². The maximum Gasteiger partial charge on any atom is 0.311 e. The number of carbonyl (C=O) groups excluding carboxylic acids is 2. The highest BCUT2D eigenvalue weighted by Gasteiger charge is 2.27. The van der Waals surface area contributed by atoms with Crippen molar-refractivity contribution >= 4 is 22.8 Å². The molecule has 0 saturated carbocycles. The highest BCUT2D eigenvalue weighted by atomic mass is 16.3. The fourth-order valence-corrected chi connectivity index (χ4v) is 3.26. The van der Waals surface area contributed by atoms with Crippen molar-refractivity contribution in [1.29, 1.82) is 0 Å². The number of nitrogens with one attached hydrogen (secondary N) is 1. The minimum absolute atomic E-state index is 0.0598. The number of aliphatic hydroxyl groups excluding tert-OH is 1. The molecule has 1 aliphatic heterocycles. The molecule has 134 valence electrons. The van der Waals surface area contributed by atoms with Gasteiger partial charge in [-0.15, -0.1) is 0 Å². The van der Waals surface area contributed by atoms with Gasteiger partial charge in [-0.05, 0) is 37.3 Å². The molecule has 1 atom stereocenters. The fourth-order valence-electron chi connectivity index (χ4n) is 3.26. The Hall–Kier alpha value is -2.41. The smallest absolute Gasteiger partial charge is 0.311 e. The van der Waals surface area contributed by atoms with Crippen LogP contribution in [-0.2, 0) is 16.1 Å². The second-order valence-corrected chi connectivity index (χ2v) is 6.48. The Labute approximate surface area is 146 Å². The lowest BCUT2D eigenvalue weighted by Gasteiger charge is -2.31. The van der Waals surface area contributed by atoms with Gasteiger partial charge in [0, 0.05) is 32.8 Å². The summed E-state index contributed by atoms with van der Waals surface area (Å²) < 4.78 is 2.04. The summed E-state index contributed by atoms with van der Waals surface area (Å²) in [4.78, 5) is 30.1. The van der Waals surface area contributed by atoms with Gasteiger partial charge in [-0.3, -0.25) is 9.59 Å². The topological polar surface area (TPSA) is 87.5 Å². The molecular weight excluding hydrogens is 320 g/mol. The molecular formula is C18H24N4O3. The van der Waals surface area contributed by atoms with Crippen LogP contribution in [0.2, 0.25) is 0 Å². The van der Waals surface area contributed by atoms with Gasteiger partial charge in [0.25, 0.3) is 0 Å². The van der Waals surface area contributed by atoms with Gasteiger partial charge in [0.1, 0.15) is 0 Å². The zero-order valence-corrected chi connectivity index (χ0v) is 14.2. The quantitative estimate of drug-likeness (QED) is 0.620. The van der Waals surface area contributed by atoms with Crippen molar-refractivity contribution in [3.8, 4) is 0 Å². The first-order chi connectivity index (χ1) is 12.2. The maximum absolute atomic E-state index is 12.2. The van der Waals surface area contributed by atoms with E-state index >= 15 is 0 Å². The average molecular weight is 344 g/mol. The number of benzene rings is 1. The molecule has 1 aromatic carbocycles. The number of likely N-dealkylation sites (tertiary alicyclic amines) is 1. The van der Waals surface area contributed by atoms with Crippen molar-refractivity contribution in [3.05, 3.63) is 30.6 Å². The zero-order chi connectivity index (χ0) is 17.6. The van der Waals surface area contributed by atoms with E-state index in [1.54, 1.807) is 11.2 Å². The monoisotopic (exact) mass is 344 g/mol. The first-order valence-corrected chi connectivity index (χ1v) is 8.77. The van der Waals surface area contributed by atoms with Crippen LogP contribution >= 0.6 is 0 Å². The average Bonchev–Trinajstić information content (AvgIpc) is 3.07. The van der Waals surface area contributed by atoms with Crippen LogP contribution in [0.25, 0.3) is 11.0 Å². The van der Waals surface area contributed by atoms with Crippen molar-refractivity contribution in [1.82, 2.24) is 19.8 Å². The molecule has 1 aromatic heterocycles. The minimum Gasteiger partial charge on any atom is -0.396 e. The number of para-hydroxylation sites is 2. The lowest BCUT2D eigenvalue weighted by molar-refractivity contribution is -0.147. The molecule has 7 heteroatoms. The molecule has 0 radical (unpaired) electrons. The molecule has 2 N–H and O–H groups in total. The van der Waals surface area contributed by atoms with Crippen molar-refractivity contribution in [3.63, 3.8) is 0 Å². The number of carbonyl (C=O) groups is 2. The number of fused-ring (bicyclic) bond motifs is 1. The summed E-state index contributed by atoms with van der Waals surface area (Å²) in [6, 6.07) is 7.90. The van der Waals surface area contributed by atoms with Crippen LogP contribution in [0.4, 0.5) is 0 Å². The molecule has 0 aliphatic carbocycles. The van der Waals surface area contributed by atoms with E-state index < -0.39 is 11.8 Å². The number of hydrogen-bond donors (Lipinski definition) is 2. The highest BCUT2D eigenvalue weighted by molar-refractivity contribution is 6.35. The van der Waals surface area contributed by atoms with Crippen molar-refractivity contribution < 1.29 is 14.7 Å². The third kappa shape index (κ3) is 4.17. The first kappa shape index (κ1) is 17.4. The number of hydrogen-bond acceptors (Lipinski definition) is 4. The predicted molar refractivity (Wildman–Crippen MR) is 93.7 cm³/mol. The summed E-state index contributed by atoms with van der Waals surface area (Å²) >= 11 is 0. The van der Waals surface area contributed by atoms with Crippen LogP contribution < -0.4 is 5.32 Å². The second-order valence-electron chi connectivity index (χ2n) is 6.48. The lowest BCUT2D eigenvalue weighted by Crippen LogP contribution is -2.48. The van der Waals surface area contributed by atoms with E-state index in [2.05, 4.69) is 10.3 Å². The molecule has 1 aliphatic rings. The first-order valence-electron chi connectivity index (χ1n) is 8.77. The molecule has 2 aromatic rings. The van der Waals surface area contributed by atoms with Gasteiger partial charge in [-0.1, -0.05) is 12.1 Å². The van der Waals surface area contributed by atoms with Crippen molar-refractivity contribution in [2.45, 2.75) is 25.8 Å². The van der Waals surface area contributed by atoms with E-state index in [1.165, 1.54) is 0 Å². The van der Waals surface area contributed by atoms with Crippen molar-refractivity contribution in [2.75, 3.05) is 26.2 Å². The Morgan fingerprint density at radius 3 is 3.00 bits per heavy atom. The lowest BCUT2D eigenvalue weighted by atomic mass is 9.99. The van der Waals surface area contributed by atoms with Crippen LogP contribution in [0.1, 0.15) is 19.3 Å². The van der Waals surface area contributed by atoms with E-state index in [0.717, 1.165) is 36.8 Å². The van der Waals surface area contributed by atoms with E-state index in [4.69, 9.17) is 0 Å². The Bertz CT molecular complexity index is 743. The van der Waals surface area contributed by atoms with Crippen molar-refractivity contribution in [2.24, 2.45) is 5.92 Å². The largest absolute Gasteiger partial charge is 0.396 e. The van der Waals surface area contributed by atoms with E-state index in [9.17, 15) is 14.7 Å². The number of imidazole rings is 1. The summed E-state index contributed by atoms with van der Waals surface area (Å²) in [5, 5.41) is 11.9. The Kier molecular flexibility index (Phi) is 5.65. The number of nitrogens with zero attached hydrogens (tertiary/aromatic N) is 3. The van der Waals surface area contributed by atoms with Gasteiger partial charge in [0.15, 0.2) is 0 Å². The maximum atomic E-state index is 12.2. The fraction of sp³-hybridized carbons (Fsp3) is 0.500. The molecule has 2 amide bonds. The molecule has 25 heavy (non-hydrogen) atoms. The van der Waals surface area contributed by atoms with Gasteiger partial charge in [0.05, 0.1) is 17.4 Å². The van der Waals surface area contributed by atoms with Crippen LogP contribution in [0, 0.1) is 5.92 Å². The summed E-state index contributed by atoms with van der Waals surface area (Å²) in [5.41, 5.74) is 2.01. The molecule has 3 rings (SSSR count). The van der Waals surface area contributed by atoms with Crippen LogP contribution in [0.5, 0.6) is 0 Å². The third-order valence-corrected chi connectivity index (χ3v) is 4.65. The van der Waals surface area contributed by atoms with Gasteiger partial charge in [-0.2, -0.15) is 0 Å². The number of amides is 2. The van der Waals surface area contributed by atoms with E-state index in [1.807, 2.05) is 28.8 Å². The third-order valence-electron chi connectivity index (χ3n) is 4.65. The SMILES string of the molecule is O=C(NCCCn1cnc2ccccc21)C(=O)N1CCC[C@H](CO)C1. The van der Waals surface area contributed by atoms with Crippen LogP contribution in [0.15, 0.2) is 30.6 Å².